The molecule has 2 fully saturated rings. The zero-order chi connectivity index (χ0) is 20.6. The molecule has 2 N–H and O–H groups in total. The monoisotopic (exact) mass is 404 g/mol. The number of morpholine rings is 1. The van der Waals surface area contributed by atoms with Crippen molar-refractivity contribution in [1.29, 1.82) is 0 Å². The smallest absolute Gasteiger partial charge is 0.191 e. The molecule has 1 aromatic carbocycles. The summed E-state index contributed by atoms with van der Waals surface area (Å²) >= 11 is 0. The molecule has 29 heavy (non-hydrogen) atoms. The van der Waals surface area contributed by atoms with E-state index in [2.05, 4.69) is 59.5 Å². The van der Waals surface area contributed by atoms with Gasteiger partial charge in [-0.3, -0.25) is 9.89 Å². The Balaban J connectivity index is 1.52. The van der Waals surface area contributed by atoms with Crippen LogP contribution in [0.5, 0.6) is 5.75 Å². The summed E-state index contributed by atoms with van der Waals surface area (Å²) in [5.41, 5.74) is 2.32. The molecule has 0 aliphatic carbocycles. The van der Waals surface area contributed by atoms with Crippen LogP contribution in [-0.4, -0.2) is 75.6 Å². The van der Waals surface area contributed by atoms with E-state index in [0.717, 1.165) is 56.6 Å². The number of hydrogen-bond donors (Lipinski definition) is 2. The van der Waals surface area contributed by atoms with Gasteiger partial charge < -0.3 is 24.8 Å². The van der Waals surface area contributed by atoms with Crippen LogP contribution >= 0.6 is 0 Å². The lowest BCUT2D eigenvalue weighted by Crippen LogP contribution is -2.52. The third-order valence-corrected chi connectivity index (χ3v) is 5.62. The molecular weight excluding hydrogens is 368 g/mol. The summed E-state index contributed by atoms with van der Waals surface area (Å²) in [5, 5.41) is 6.88. The zero-order valence-electron chi connectivity index (χ0n) is 18.2. The van der Waals surface area contributed by atoms with E-state index in [1.807, 2.05) is 0 Å². The SMILES string of the molecule is CN=C(NCc1ccc(C)cc1OC1CCOC1)NCC(C)N1CCOCC1C. The highest BCUT2D eigenvalue weighted by molar-refractivity contribution is 5.79. The number of ether oxygens (including phenoxy) is 3. The van der Waals surface area contributed by atoms with Crippen molar-refractivity contribution in [2.24, 2.45) is 4.99 Å². The first kappa shape index (κ1) is 21.9. The van der Waals surface area contributed by atoms with Crippen molar-refractivity contribution in [3.05, 3.63) is 29.3 Å². The number of nitrogens with one attached hydrogen (secondary N) is 2. The predicted molar refractivity (Wildman–Crippen MR) is 116 cm³/mol. The standard InChI is InChI=1S/C22H36N4O3/c1-16-5-6-19(21(11-16)29-20-7-9-27-15-20)13-25-22(23-4)24-12-17(2)26-8-10-28-14-18(26)3/h5-6,11,17-18,20H,7-10,12-15H2,1-4H3,(H2,23,24,25). The number of guanidine groups is 1. The molecule has 0 aromatic heterocycles. The van der Waals surface area contributed by atoms with Gasteiger partial charge in [-0.15, -0.1) is 0 Å². The zero-order valence-corrected chi connectivity index (χ0v) is 18.2. The van der Waals surface area contributed by atoms with Gasteiger partial charge >= 0.3 is 0 Å². The van der Waals surface area contributed by atoms with Gasteiger partial charge in [0.25, 0.3) is 0 Å². The average Bonchev–Trinajstić information content (AvgIpc) is 3.22. The maximum atomic E-state index is 6.20. The van der Waals surface area contributed by atoms with Gasteiger partial charge in [0, 0.05) is 50.7 Å². The van der Waals surface area contributed by atoms with E-state index < -0.39 is 0 Å². The van der Waals surface area contributed by atoms with Crippen LogP contribution in [0, 0.1) is 6.92 Å². The molecule has 3 rings (SSSR count). The fraction of sp³-hybridized carbons (Fsp3) is 0.682. The quantitative estimate of drug-likeness (QED) is 0.535. The van der Waals surface area contributed by atoms with Crippen molar-refractivity contribution >= 4 is 5.96 Å². The average molecular weight is 405 g/mol. The van der Waals surface area contributed by atoms with Crippen molar-refractivity contribution in [3.8, 4) is 5.75 Å². The molecule has 7 heteroatoms. The Morgan fingerprint density at radius 2 is 2.10 bits per heavy atom. The largest absolute Gasteiger partial charge is 0.488 e. The van der Waals surface area contributed by atoms with Crippen LogP contribution in [0.2, 0.25) is 0 Å². The van der Waals surface area contributed by atoms with E-state index >= 15 is 0 Å². The van der Waals surface area contributed by atoms with E-state index in [9.17, 15) is 0 Å². The van der Waals surface area contributed by atoms with Gasteiger partial charge in [-0.1, -0.05) is 12.1 Å². The Morgan fingerprint density at radius 1 is 1.28 bits per heavy atom. The second kappa shape index (κ2) is 10.8. The number of rotatable bonds is 7. The minimum absolute atomic E-state index is 0.143. The number of aryl methyl sites for hydroxylation is 1. The molecule has 0 spiro atoms. The lowest BCUT2D eigenvalue weighted by Gasteiger charge is -2.38. The van der Waals surface area contributed by atoms with Crippen molar-refractivity contribution in [3.63, 3.8) is 0 Å². The lowest BCUT2D eigenvalue weighted by atomic mass is 10.1. The minimum Gasteiger partial charge on any atom is -0.488 e. The molecule has 1 aromatic rings. The van der Waals surface area contributed by atoms with Crippen molar-refractivity contribution in [1.82, 2.24) is 15.5 Å². The molecule has 7 nitrogen and oxygen atoms in total. The third-order valence-electron chi connectivity index (χ3n) is 5.62. The summed E-state index contributed by atoms with van der Waals surface area (Å²) in [6.07, 6.45) is 1.09. The van der Waals surface area contributed by atoms with Crippen molar-refractivity contribution < 1.29 is 14.2 Å². The number of benzene rings is 1. The van der Waals surface area contributed by atoms with Gasteiger partial charge in [-0.25, -0.2) is 0 Å². The fourth-order valence-corrected chi connectivity index (χ4v) is 3.86. The van der Waals surface area contributed by atoms with Gasteiger partial charge in [0.15, 0.2) is 5.96 Å². The topological polar surface area (TPSA) is 67.4 Å². The Bertz CT molecular complexity index is 676. The first-order valence-electron chi connectivity index (χ1n) is 10.7. The van der Waals surface area contributed by atoms with Crippen LogP contribution in [0.3, 0.4) is 0 Å². The molecule has 0 bridgehead atoms. The maximum Gasteiger partial charge on any atom is 0.191 e. The van der Waals surface area contributed by atoms with E-state index in [4.69, 9.17) is 14.2 Å². The summed E-state index contributed by atoms with van der Waals surface area (Å²) in [4.78, 5) is 6.87. The molecule has 3 atom stereocenters. The molecular formula is C22H36N4O3. The van der Waals surface area contributed by atoms with Crippen LogP contribution in [0.1, 0.15) is 31.4 Å². The summed E-state index contributed by atoms with van der Waals surface area (Å²) in [7, 11) is 1.81. The number of hydrogen-bond acceptors (Lipinski definition) is 5. The number of nitrogens with zero attached hydrogens (tertiary/aromatic N) is 2. The Labute approximate surface area is 174 Å². The third kappa shape index (κ3) is 6.32. The molecule has 2 aliphatic heterocycles. The minimum atomic E-state index is 0.143. The Morgan fingerprint density at radius 3 is 2.83 bits per heavy atom. The molecule has 2 saturated heterocycles. The van der Waals surface area contributed by atoms with E-state index in [1.165, 1.54) is 5.56 Å². The van der Waals surface area contributed by atoms with Gasteiger partial charge in [-0.2, -0.15) is 0 Å². The van der Waals surface area contributed by atoms with E-state index in [-0.39, 0.29) is 6.10 Å². The van der Waals surface area contributed by atoms with Crippen LogP contribution in [0.15, 0.2) is 23.2 Å². The van der Waals surface area contributed by atoms with Crippen molar-refractivity contribution in [2.45, 2.75) is 51.9 Å². The summed E-state index contributed by atoms with van der Waals surface area (Å²) < 4.78 is 17.2. The van der Waals surface area contributed by atoms with Gasteiger partial charge in [-0.05, 0) is 32.4 Å². The van der Waals surface area contributed by atoms with Crippen LogP contribution in [0.4, 0.5) is 0 Å². The molecule has 3 unspecified atom stereocenters. The molecule has 162 valence electrons. The maximum absolute atomic E-state index is 6.20. The lowest BCUT2D eigenvalue weighted by molar-refractivity contribution is -0.0174. The first-order chi connectivity index (χ1) is 14.1. The number of aliphatic imine (C=N–C) groups is 1. The highest BCUT2D eigenvalue weighted by Crippen LogP contribution is 2.23. The highest BCUT2D eigenvalue weighted by Gasteiger charge is 2.23. The molecule has 0 amide bonds. The molecule has 0 radical (unpaired) electrons. The normalized spacial score (nSPS) is 24.3. The fourth-order valence-electron chi connectivity index (χ4n) is 3.86. The van der Waals surface area contributed by atoms with E-state index in [0.29, 0.717) is 25.2 Å². The van der Waals surface area contributed by atoms with Crippen LogP contribution in [-0.2, 0) is 16.0 Å². The Kier molecular flexibility index (Phi) is 8.15. The highest BCUT2D eigenvalue weighted by atomic mass is 16.5. The molecule has 2 heterocycles. The molecule has 2 aliphatic rings. The Hall–Kier alpha value is -1.83. The predicted octanol–water partition coefficient (Wildman–Crippen LogP) is 1.94. The summed E-state index contributed by atoms with van der Waals surface area (Å²) in [6, 6.07) is 7.20. The first-order valence-corrected chi connectivity index (χ1v) is 10.7. The second-order valence-corrected chi connectivity index (χ2v) is 8.03. The second-order valence-electron chi connectivity index (χ2n) is 8.03. The van der Waals surface area contributed by atoms with Gasteiger partial charge in [0.2, 0.25) is 0 Å². The summed E-state index contributed by atoms with van der Waals surface area (Å²) in [5.74, 6) is 1.73. The van der Waals surface area contributed by atoms with Crippen molar-refractivity contribution in [2.75, 3.05) is 46.6 Å². The van der Waals surface area contributed by atoms with Crippen LogP contribution < -0.4 is 15.4 Å². The molecule has 0 saturated carbocycles. The summed E-state index contributed by atoms with van der Waals surface area (Å²) in [6.45, 7) is 12.1. The van der Waals surface area contributed by atoms with Crippen LogP contribution in [0.25, 0.3) is 0 Å². The van der Waals surface area contributed by atoms with Gasteiger partial charge in [0.1, 0.15) is 11.9 Å². The van der Waals surface area contributed by atoms with Gasteiger partial charge in [0.05, 0.1) is 26.4 Å². The van der Waals surface area contributed by atoms with E-state index in [1.54, 1.807) is 7.05 Å².